The average molecular weight is 471 g/mol. The smallest absolute Gasteiger partial charge is 0.366 e. The Morgan fingerprint density at radius 3 is 2.61 bits per heavy atom. The van der Waals surface area contributed by atoms with Crippen LogP contribution in [0.15, 0.2) is 45.1 Å². The summed E-state index contributed by atoms with van der Waals surface area (Å²) in [5.41, 5.74) is 7.33. The number of nitrogens with zero attached hydrogens (tertiary/aromatic N) is 1. The highest BCUT2D eigenvalue weighted by Crippen LogP contribution is 2.43. The van der Waals surface area contributed by atoms with Crippen molar-refractivity contribution in [3.63, 3.8) is 0 Å². The zero-order valence-corrected chi connectivity index (χ0v) is 17.6. The molecule has 0 spiro atoms. The molecule has 7 nitrogen and oxygen atoms in total. The first-order chi connectivity index (χ1) is 14.5. The van der Waals surface area contributed by atoms with Crippen LogP contribution in [0.2, 0.25) is 0 Å². The maximum Gasteiger partial charge on any atom is 0.452 e. The summed E-state index contributed by atoms with van der Waals surface area (Å²) in [6.45, 7) is 1.82. The van der Waals surface area contributed by atoms with Gasteiger partial charge < -0.3 is 10.3 Å². The lowest BCUT2D eigenvalue weighted by Crippen LogP contribution is -2.26. The van der Waals surface area contributed by atoms with E-state index in [0.29, 0.717) is 12.0 Å². The number of hydrogen-bond donors (Lipinski definition) is 2. The number of halogens is 3. The number of carbonyl (C=O) groups excluding carboxylic acids is 1. The summed E-state index contributed by atoms with van der Waals surface area (Å²) in [5, 5.41) is 3.37. The van der Waals surface area contributed by atoms with E-state index in [1.165, 1.54) is 12.1 Å². The summed E-state index contributed by atoms with van der Waals surface area (Å²) in [7, 11) is -3.87. The van der Waals surface area contributed by atoms with Gasteiger partial charge in [-0.3, -0.25) is 4.79 Å². The average Bonchev–Trinajstić information content (AvgIpc) is 3.10. The third-order valence-electron chi connectivity index (χ3n) is 4.94. The van der Waals surface area contributed by atoms with Gasteiger partial charge in [0.15, 0.2) is 0 Å². The lowest BCUT2D eigenvalue weighted by atomic mass is 10.0. The van der Waals surface area contributed by atoms with Crippen LogP contribution < -0.4 is 10.5 Å². The molecule has 1 aliphatic carbocycles. The van der Waals surface area contributed by atoms with Crippen molar-refractivity contribution in [1.82, 2.24) is 9.88 Å². The van der Waals surface area contributed by atoms with Gasteiger partial charge in [-0.25, -0.2) is 13.1 Å². The van der Waals surface area contributed by atoms with E-state index in [-0.39, 0.29) is 26.7 Å². The number of amides is 1. The Morgan fingerprint density at radius 1 is 1.26 bits per heavy atom. The van der Waals surface area contributed by atoms with Gasteiger partial charge in [-0.2, -0.15) is 13.2 Å². The molecule has 0 unspecified atom stereocenters. The highest BCUT2D eigenvalue weighted by atomic mass is 32.2. The minimum atomic E-state index is -4.67. The molecule has 4 rings (SSSR count). The Labute approximate surface area is 179 Å². The highest BCUT2D eigenvalue weighted by Gasteiger charge is 2.42. The second-order valence-corrected chi connectivity index (χ2v) is 10.2. The molecule has 1 aliphatic rings. The number of benzene rings is 1. The first kappa shape index (κ1) is 21.5. The van der Waals surface area contributed by atoms with E-state index in [2.05, 4.69) is 14.4 Å². The van der Waals surface area contributed by atoms with Crippen LogP contribution in [-0.4, -0.2) is 25.5 Å². The Kier molecular flexibility index (Phi) is 5.18. The normalized spacial score (nSPS) is 18.8. The topological polar surface area (TPSA) is 115 Å². The molecule has 1 fully saturated rings. The molecule has 12 heteroatoms. The Hall–Kier alpha value is -2.70. The summed E-state index contributed by atoms with van der Waals surface area (Å²) < 4.78 is 70.3. The number of aromatic nitrogens is 1. The van der Waals surface area contributed by atoms with Gasteiger partial charge in [0, 0.05) is 23.6 Å². The summed E-state index contributed by atoms with van der Waals surface area (Å²) in [6.07, 6.45) is -4.08. The highest BCUT2D eigenvalue weighted by molar-refractivity contribution is 7.91. The lowest BCUT2D eigenvalue weighted by molar-refractivity contribution is -0.155. The second kappa shape index (κ2) is 7.46. The molecule has 1 aromatic carbocycles. The molecule has 0 bridgehead atoms. The van der Waals surface area contributed by atoms with Crippen LogP contribution >= 0.6 is 11.3 Å². The number of alkyl halides is 3. The number of nitrogens with two attached hydrogens (primary N) is 1. The van der Waals surface area contributed by atoms with Crippen molar-refractivity contribution in [2.24, 2.45) is 5.73 Å². The number of nitrogens with one attached hydrogen (secondary N) is 1. The van der Waals surface area contributed by atoms with Gasteiger partial charge >= 0.3 is 6.18 Å². The van der Waals surface area contributed by atoms with E-state index >= 15 is 0 Å². The number of sulfonamides is 1. The lowest BCUT2D eigenvalue weighted by Gasteiger charge is -2.08. The number of primary amides is 1. The molecular formula is C19H16F3N3O4S2. The van der Waals surface area contributed by atoms with Crippen molar-refractivity contribution in [1.29, 1.82) is 0 Å². The number of thiophene rings is 1. The molecule has 3 N–H and O–H groups in total. The minimum Gasteiger partial charge on any atom is -0.366 e. The zero-order chi connectivity index (χ0) is 22.6. The van der Waals surface area contributed by atoms with Crippen molar-refractivity contribution in [3.8, 4) is 10.6 Å². The zero-order valence-electron chi connectivity index (χ0n) is 15.9. The molecule has 2 heterocycles. The summed E-state index contributed by atoms with van der Waals surface area (Å²) in [6, 6.07) is 8.14. The number of aryl methyl sites for hydroxylation is 1. The third kappa shape index (κ3) is 4.36. The quantitative estimate of drug-likeness (QED) is 0.569. The number of carbonyl (C=O) groups is 1. The van der Waals surface area contributed by atoms with Crippen LogP contribution in [0, 0.1) is 6.92 Å². The maximum atomic E-state index is 12.7. The fourth-order valence-corrected chi connectivity index (χ4v) is 5.86. The van der Waals surface area contributed by atoms with Gasteiger partial charge in [0.25, 0.3) is 0 Å². The standard InChI is InChI=1S/C19H16F3N3O4S2/c1-9-6-10(18(23)26)2-3-11(9)12-7-13(12)25-31(27,28)17-5-4-15(30-17)14-8-16(29-24-14)19(20,21)22/h2-6,8,12-13,25H,7H2,1H3,(H2,23,26)/t12-,13+/m0/s1. The van der Waals surface area contributed by atoms with Gasteiger partial charge in [-0.1, -0.05) is 11.2 Å². The molecule has 1 amide bonds. The van der Waals surface area contributed by atoms with E-state index in [9.17, 15) is 26.4 Å². The summed E-state index contributed by atoms with van der Waals surface area (Å²) in [4.78, 5) is 11.5. The second-order valence-electron chi connectivity index (χ2n) is 7.20. The van der Waals surface area contributed by atoms with Crippen LogP contribution in [0.5, 0.6) is 0 Å². The van der Waals surface area contributed by atoms with Gasteiger partial charge in [-0.15, -0.1) is 11.3 Å². The first-order valence-corrected chi connectivity index (χ1v) is 11.3. The molecule has 2 aromatic heterocycles. The largest absolute Gasteiger partial charge is 0.452 e. The molecule has 31 heavy (non-hydrogen) atoms. The van der Waals surface area contributed by atoms with Crippen LogP contribution in [0.25, 0.3) is 10.6 Å². The number of hydrogen-bond acceptors (Lipinski definition) is 6. The SMILES string of the molecule is Cc1cc(C(N)=O)ccc1[C@@H]1C[C@H]1NS(=O)(=O)c1ccc(-c2cc(C(F)(F)F)on2)s1. The van der Waals surface area contributed by atoms with Crippen LogP contribution in [0.4, 0.5) is 13.2 Å². The Bertz CT molecular complexity index is 1260. The Morgan fingerprint density at radius 2 is 2.00 bits per heavy atom. The van der Waals surface area contributed by atoms with Crippen molar-refractivity contribution in [2.45, 2.75) is 35.7 Å². The van der Waals surface area contributed by atoms with Gasteiger partial charge in [0.1, 0.15) is 9.90 Å². The Balaban J connectivity index is 1.47. The monoisotopic (exact) mass is 471 g/mol. The predicted octanol–water partition coefficient (Wildman–Crippen LogP) is 3.66. The minimum absolute atomic E-state index is 0.0366. The van der Waals surface area contributed by atoms with E-state index in [1.807, 2.05) is 6.92 Å². The molecule has 3 aromatic rings. The van der Waals surface area contributed by atoms with Crippen molar-refractivity contribution in [2.75, 3.05) is 0 Å². The fourth-order valence-electron chi connectivity index (χ4n) is 3.30. The van der Waals surface area contributed by atoms with E-state index < -0.39 is 27.9 Å². The predicted molar refractivity (Wildman–Crippen MR) is 106 cm³/mol. The van der Waals surface area contributed by atoms with E-state index in [4.69, 9.17) is 5.73 Å². The van der Waals surface area contributed by atoms with Crippen molar-refractivity contribution >= 4 is 27.3 Å². The first-order valence-electron chi connectivity index (χ1n) is 9.02. The molecule has 0 saturated heterocycles. The molecular weight excluding hydrogens is 455 g/mol. The molecule has 164 valence electrons. The summed E-state index contributed by atoms with van der Waals surface area (Å²) in [5.74, 6) is -1.83. The van der Waals surface area contributed by atoms with Crippen molar-refractivity contribution in [3.05, 3.63) is 58.8 Å². The fraction of sp³-hybridized carbons (Fsp3) is 0.263. The van der Waals surface area contributed by atoms with Gasteiger partial charge in [-0.05, 0) is 48.7 Å². The van der Waals surface area contributed by atoms with Gasteiger partial charge in [0.05, 0.1) is 4.88 Å². The van der Waals surface area contributed by atoms with Crippen LogP contribution in [-0.2, 0) is 16.2 Å². The maximum absolute atomic E-state index is 12.7. The molecule has 0 aliphatic heterocycles. The number of rotatable bonds is 6. The molecule has 1 saturated carbocycles. The molecule has 2 atom stereocenters. The van der Waals surface area contributed by atoms with Gasteiger partial charge in [0.2, 0.25) is 21.7 Å². The summed E-state index contributed by atoms with van der Waals surface area (Å²) >= 11 is 0.800. The van der Waals surface area contributed by atoms with Crippen LogP contribution in [0.3, 0.4) is 0 Å². The van der Waals surface area contributed by atoms with E-state index in [0.717, 1.165) is 28.5 Å². The third-order valence-corrected chi connectivity index (χ3v) is 8.03. The van der Waals surface area contributed by atoms with Crippen LogP contribution in [0.1, 0.15) is 39.6 Å². The molecule has 0 radical (unpaired) electrons. The van der Waals surface area contributed by atoms with E-state index in [1.54, 1.807) is 18.2 Å². The van der Waals surface area contributed by atoms with Crippen molar-refractivity contribution < 1.29 is 30.9 Å².